The first-order valence-electron chi connectivity index (χ1n) is 12.3. The van der Waals surface area contributed by atoms with E-state index in [2.05, 4.69) is 16.7 Å². The monoisotopic (exact) mass is 504 g/mol. The van der Waals surface area contributed by atoms with Crippen LogP contribution in [-0.4, -0.2) is 49.2 Å². The molecule has 1 aliphatic rings. The number of carbonyl (C=O) groups is 3. The number of fused-ring (bicyclic) bond motifs is 2. The normalized spacial score (nSPS) is 13.8. The van der Waals surface area contributed by atoms with E-state index in [0.717, 1.165) is 26.9 Å². The van der Waals surface area contributed by atoms with E-state index in [4.69, 9.17) is 5.73 Å². The molecule has 0 saturated carbocycles. The number of hydrogen-bond donors (Lipinski definition) is 3. The Balaban J connectivity index is 1.37. The van der Waals surface area contributed by atoms with Crippen molar-refractivity contribution in [2.75, 3.05) is 30.3 Å². The fraction of sp³-hybridized carbons (Fsp3) is 0.321. The van der Waals surface area contributed by atoms with Crippen molar-refractivity contribution in [1.82, 2.24) is 10.6 Å². The molecule has 0 bridgehead atoms. The molecule has 0 saturated heterocycles. The molecule has 0 radical (unpaired) electrons. The van der Waals surface area contributed by atoms with Gasteiger partial charge in [-0.2, -0.15) is 0 Å². The smallest absolute Gasteiger partial charge is 0.242 e. The Kier molecular flexibility index (Phi) is 8.97. The van der Waals surface area contributed by atoms with Gasteiger partial charge in [0.25, 0.3) is 0 Å². The zero-order valence-corrected chi connectivity index (χ0v) is 21.1. The maximum Gasteiger partial charge on any atom is 0.242 e. The molecule has 1 aliphatic heterocycles. The van der Waals surface area contributed by atoms with E-state index in [9.17, 15) is 14.4 Å². The lowest BCUT2D eigenvalue weighted by molar-refractivity contribution is -0.129. The Hall–Kier alpha value is -3.36. The molecule has 3 aromatic rings. The molecule has 0 aromatic heterocycles. The number of para-hydroxylation sites is 1. The van der Waals surface area contributed by atoms with E-state index >= 15 is 0 Å². The van der Waals surface area contributed by atoms with Crippen molar-refractivity contribution in [2.45, 2.75) is 36.6 Å². The van der Waals surface area contributed by atoms with Crippen LogP contribution in [0.4, 0.5) is 5.69 Å². The molecular weight excluding hydrogens is 472 g/mol. The van der Waals surface area contributed by atoms with Crippen molar-refractivity contribution in [1.29, 1.82) is 0 Å². The van der Waals surface area contributed by atoms with Crippen LogP contribution in [0.1, 0.15) is 24.8 Å². The Morgan fingerprint density at radius 2 is 1.78 bits per heavy atom. The summed E-state index contributed by atoms with van der Waals surface area (Å²) in [5, 5.41) is 8.02. The first kappa shape index (κ1) is 25.7. The molecule has 0 fully saturated rings. The van der Waals surface area contributed by atoms with Gasteiger partial charge in [-0.25, -0.2) is 0 Å². The van der Waals surface area contributed by atoms with Crippen molar-refractivity contribution >= 4 is 45.9 Å². The van der Waals surface area contributed by atoms with Gasteiger partial charge in [-0.05, 0) is 47.9 Å². The fourth-order valence-electron chi connectivity index (χ4n) is 4.31. The lowest BCUT2D eigenvalue weighted by atomic mass is 10.0. The van der Waals surface area contributed by atoms with Crippen LogP contribution >= 0.6 is 11.8 Å². The molecule has 7 nitrogen and oxygen atoms in total. The molecule has 3 aromatic carbocycles. The summed E-state index contributed by atoms with van der Waals surface area (Å²) in [6.45, 7) is 1.41. The summed E-state index contributed by atoms with van der Waals surface area (Å²) in [6.07, 6.45) is 1.80. The van der Waals surface area contributed by atoms with E-state index in [1.807, 2.05) is 60.7 Å². The molecule has 3 amide bonds. The molecule has 8 heteroatoms. The van der Waals surface area contributed by atoms with Gasteiger partial charge in [0.1, 0.15) is 6.04 Å². The lowest BCUT2D eigenvalue weighted by Crippen LogP contribution is -2.48. The number of nitrogens with one attached hydrogen (secondary N) is 2. The number of rotatable bonds is 11. The van der Waals surface area contributed by atoms with Gasteiger partial charge in [0.05, 0.1) is 11.4 Å². The highest BCUT2D eigenvalue weighted by molar-refractivity contribution is 8.00. The number of hydrogen-bond acceptors (Lipinski definition) is 5. The van der Waals surface area contributed by atoms with Gasteiger partial charge in [-0.15, -0.1) is 11.8 Å². The van der Waals surface area contributed by atoms with Gasteiger partial charge >= 0.3 is 0 Å². The third kappa shape index (κ3) is 6.65. The van der Waals surface area contributed by atoms with Crippen molar-refractivity contribution in [3.05, 3.63) is 72.3 Å². The Morgan fingerprint density at radius 3 is 2.61 bits per heavy atom. The SMILES string of the molecule is NCCCNC(=O)[C@@H](Cc1ccc2ccccc2c1)NC(=O)CCCN1C(=O)CSc2ccccc21. The summed E-state index contributed by atoms with van der Waals surface area (Å²) >= 11 is 1.54. The molecule has 0 aliphatic carbocycles. The predicted octanol–water partition coefficient (Wildman–Crippen LogP) is 3.25. The third-order valence-corrected chi connectivity index (χ3v) is 7.23. The van der Waals surface area contributed by atoms with Gasteiger partial charge in [-0.3, -0.25) is 14.4 Å². The zero-order valence-electron chi connectivity index (χ0n) is 20.2. The van der Waals surface area contributed by atoms with Crippen molar-refractivity contribution in [2.24, 2.45) is 5.73 Å². The lowest BCUT2D eigenvalue weighted by Gasteiger charge is -2.29. The molecule has 0 spiro atoms. The topological polar surface area (TPSA) is 105 Å². The van der Waals surface area contributed by atoms with Crippen LogP contribution in [0.25, 0.3) is 10.8 Å². The number of amides is 3. The van der Waals surface area contributed by atoms with Gasteiger partial charge in [-0.1, -0.05) is 54.6 Å². The van der Waals surface area contributed by atoms with Crippen LogP contribution in [0.3, 0.4) is 0 Å². The summed E-state index contributed by atoms with van der Waals surface area (Å²) in [7, 11) is 0. The highest BCUT2D eigenvalue weighted by Gasteiger charge is 2.25. The van der Waals surface area contributed by atoms with E-state index < -0.39 is 6.04 Å². The minimum atomic E-state index is -0.690. The fourth-order valence-corrected chi connectivity index (χ4v) is 5.25. The summed E-state index contributed by atoms with van der Waals surface area (Å²) in [5.41, 5.74) is 7.42. The summed E-state index contributed by atoms with van der Waals surface area (Å²) < 4.78 is 0. The van der Waals surface area contributed by atoms with E-state index in [0.29, 0.717) is 44.6 Å². The van der Waals surface area contributed by atoms with Crippen LogP contribution in [-0.2, 0) is 20.8 Å². The quantitative estimate of drug-likeness (QED) is 0.348. The van der Waals surface area contributed by atoms with Crippen LogP contribution in [0, 0.1) is 0 Å². The number of nitrogens with zero attached hydrogens (tertiary/aromatic N) is 1. The summed E-state index contributed by atoms with van der Waals surface area (Å²) in [4.78, 5) is 41.0. The zero-order chi connectivity index (χ0) is 25.3. The summed E-state index contributed by atoms with van der Waals surface area (Å²) in [5.74, 6) is 0.0246. The second kappa shape index (κ2) is 12.6. The van der Waals surface area contributed by atoms with Gasteiger partial charge in [0.2, 0.25) is 17.7 Å². The number of carbonyl (C=O) groups excluding carboxylic acids is 3. The van der Waals surface area contributed by atoms with Gasteiger partial charge in [0.15, 0.2) is 0 Å². The minimum Gasteiger partial charge on any atom is -0.354 e. The average molecular weight is 505 g/mol. The number of thioether (sulfide) groups is 1. The first-order chi connectivity index (χ1) is 17.5. The maximum atomic E-state index is 12.9. The number of anilines is 1. The Labute approximate surface area is 215 Å². The molecule has 1 heterocycles. The summed E-state index contributed by atoms with van der Waals surface area (Å²) in [6, 6.07) is 21.3. The molecule has 0 unspecified atom stereocenters. The van der Waals surface area contributed by atoms with E-state index in [-0.39, 0.29) is 24.1 Å². The maximum absolute atomic E-state index is 12.9. The Bertz CT molecular complexity index is 1230. The first-order valence-corrected chi connectivity index (χ1v) is 13.3. The molecule has 188 valence electrons. The number of benzene rings is 3. The van der Waals surface area contributed by atoms with Crippen LogP contribution in [0.2, 0.25) is 0 Å². The number of nitrogens with two attached hydrogens (primary N) is 1. The van der Waals surface area contributed by atoms with Crippen LogP contribution in [0.15, 0.2) is 71.6 Å². The molecule has 4 rings (SSSR count). The predicted molar refractivity (Wildman–Crippen MR) is 145 cm³/mol. The van der Waals surface area contributed by atoms with Gasteiger partial charge < -0.3 is 21.3 Å². The third-order valence-electron chi connectivity index (χ3n) is 6.18. The highest BCUT2D eigenvalue weighted by Crippen LogP contribution is 2.34. The Morgan fingerprint density at radius 1 is 1.00 bits per heavy atom. The van der Waals surface area contributed by atoms with Crippen LogP contribution < -0.4 is 21.3 Å². The minimum absolute atomic E-state index is 0.0487. The van der Waals surface area contributed by atoms with Crippen LogP contribution in [0.5, 0.6) is 0 Å². The average Bonchev–Trinajstić information content (AvgIpc) is 2.89. The second-order valence-corrected chi connectivity index (χ2v) is 9.86. The molecule has 36 heavy (non-hydrogen) atoms. The van der Waals surface area contributed by atoms with Crippen molar-refractivity contribution < 1.29 is 14.4 Å². The van der Waals surface area contributed by atoms with Crippen molar-refractivity contribution in [3.8, 4) is 0 Å². The molecular formula is C28H32N4O3S. The highest BCUT2D eigenvalue weighted by atomic mass is 32.2. The van der Waals surface area contributed by atoms with E-state index in [1.54, 1.807) is 4.90 Å². The molecule has 4 N–H and O–H groups in total. The largest absolute Gasteiger partial charge is 0.354 e. The van der Waals surface area contributed by atoms with Gasteiger partial charge in [0, 0.05) is 30.8 Å². The van der Waals surface area contributed by atoms with Crippen molar-refractivity contribution in [3.63, 3.8) is 0 Å². The second-order valence-electron chi connectivity index (χ2n) is 8.84. The van der Waals surface area contributed by atoms with E-state index in [1.165, 1.54) is 11.8 Å². The molecule has 1 atom stereocenters. The standard InChI is InChI=1S/C28H32N4O3S/c29-14-6-15-30-28(35)23(18-20-12-13-21-7-1-2-8-22(21)17-20)31-26(33)11-5-16-32-24-9-3-4-10-25(24)36-19-27(32)34/h1-4,7-10,12-13,17,23H,5-6,11,14-16,18-19,29H2,(H,30,35)(H,31,33)/t23-/m1/s1.